The van der Waals surface area contributed by atoms with Gasteiger partial charge in [0.2, 0.25) is 5.78 Å². The average Bonchev–Trinajstić information content (AvgIpc) is 2.73. The normalized spacial score (nSPS) is 26.7. The zero-order valence-electron chi connectivity index (χ0n) is 7.83. The first-order chi connectivity index (χ1) is 6.68. The van der Waals surface area contributed by atoms with Crippen molar-refractivity contribution in [3.05, 3.63) is 22.6 Å². The zero-order valence-corrected chi connectivity index (χ0v) is 9.41. The Hall–Kier alpha value is -0.610. The Morgan fingerprint density at radius 1 is 1.64 bits per heavy atom. The third kappa shape index (κ3) is 1.77. The minimum atomic E-state index is -0.0487. The molecule has 0 spiro atoms. The number of furan rings is 1. The van der Waals surface area contributed by atoms with Crippen LogP contribution in [0.5, 0.6) is 0 Å². The summed E-state index contributed by atoms with van der Waals surface area (Å²) < 4.78 is 11.2. The van der Waals surface area contributed by atoms with Gasteiger partial charge < -0.3 is 9.15 Å². The maximum atomic E-state index is 11.9. The molecular formula is C10H11BrO3. The molecule has 1 aromatic heterocycles. The summed E-state index contributed by atoms with van der Waals surface area (Å²) in [7, 11) is 0. The number of carbonyl (C=O) groups excluding carboxylic acids is 1. The fraction of sp³-hybridized carbons (Fsp3) is 0.500. The SMILES string of the molecule is CC1CC(C(=O)c2occc2Br)CO1. The molecule has 0 N–H and O–H groups in total. The Morgan fingerprint density at radius 2 is 2.43 bits per heavy atom. The van der Waals surface area contributed by atoms with Gasteiger partial charge in [0.1, 0.15) is 0 Å². The van der Waals surface area contributed by atoms with Gasteiger partial charge in [-0.15, -0.1) is 0 Å². The summed E-state index contributed by atoms with van der Waals surface area (Å²) in [5, 5.41) is 0. The molecule has 0 bridgehead atoms. The third-order valence-electron chi connectivity index (χ3n) is 2.41. The highest BCUT2D eigenvalue weighted by atomic mass is 79.9. The number of ether oxygens (including phenoxy) is 1. The van der Waals surface area contributed by atoms with Crippen LogP contribution in [0, 0.1) is 5.92 Å². The van der Waals surface area contributed by atoms with Crippen molar-refractivity contribution in [2.24, 2.45) is 5.92 Å². The molecule has 1 aromatic rings. The first-order valence-electron chi connectivity index (χ1n) is 4.57. The molecule has 0 saturated carbocycles. The van der Waals surface area contributed by atoms with Crippen LogP contribution in [0.25, 0.3) is 0 Å². The lowest BCUT2D eigenvalue weighted by atomic mass is 9.99. The second-order valence-electron chi connectivity index (χ2n) is 3.54. The fourth-order valence-corrected chi connectivity index (χ4v) is 2.05. The van der Waals surface area contributed by atoms with E-state index in [1.54, 1.807) is 6.07 Å². The molecule has 2 atom stereocenters. The van der Waals surface area contributed by atoms with Gasteiger partial charge in [-0.05, 0) is 35.3 Å². The van der Waals surface area contributed by atoms with Gasteiger partial charge in [0.05, 0.1) is 29.4 Å². The zero-order chi connectivity index (χ0) is 10.1. The molecule has 1 aliphatic heterocycles. The standard InChI is InChI=1S/C10H11BrO3/c1-6-4-7(5-14-6)9(12)10-8(11)2-3-13-10/h2-3,6-7H,4-5H2,1H3. The van der Waals surface area contributed by atoms with Gasteiger partial charge in [0, 0.05) is 0 Å². The van der Waals surface area contributed by atoms with Crippen LogP contribution in [0.3, 0.4) is 0 Å². The molecule has 2 heterocycles. The van der Waals surface area contributed by atoms with E-state index in [4.69, 9.17) is 9.15 Å². The van der Waals surface area contributed by atoms with Crippen LogP contribution < -0.4 is 0 Å². The highest BCUT2D eigenvalue weighted by molar-refractivity contribution is 9.10. The quantitative estimate of drug-likeness (QED) is 0.766. The van der Waals surface area contributed by atoms with E-state index in [0.717, 1.165) is 10.9 Å². The van der Waals surface area contributed by atoms with E-state index in [-0.39, 0.29) is 17.8 Å². The Kier molecular flexibility index (Phi) is 2.74. The van der Waals surface area contributed by atoms with Gasteiger partial charge >= 0.3 is 0 Å². The molecule has 1 saturated heterocycles. The van der Waals surface area contributed by atoms with E-state index in [1.165, 1.54) is 6.26 Å². The molecule has 4 heteroatoms. The first-order valence-corrected chi connectivity index (χ1v) is 5.36. The Bertz CT molecular complexity index is 345. The number of hydrogen-bond donors (Lipinski definition) is 0. The maximum absolute atomic E-state index is 11.9. The van der Waals surface area contributed by atoms with E-state index >= 15 is 0 Å². The van der Waals surface area contributed by atoms with Crippen molar-refractivity contribution < 1.29 is 13.9 Å². The van der Waals surface area contributed by atoms with Gasteiger partial charge in [0.25, 0.3) is 0 Å². The summed E-state index contributed by atoms with van der Waals surface area (Å²) in [6.07, 6.45) is 2.47. The van der Waals surface area contributed by atoms with Crippen LogP contribution in [0.15, 0.2) is 21.2 Å². The van der Waals surface area contributed by atoms with Crippen LogP contribution in [-0.4, -0.2) is 18.5 Å². The van der Waals surface area contributed by atoms with E-state index in [2.05, 4.69) is 15.9 Å². The largest absolute Gasteiger partial charge is 0.460 e. The van der Waals surface area contributed by atoms with Gasteiger partial charge in [-0.3, -0.25) is 4.79 Å². The summed E-state index contributed by atoms with van der Waals surface area (Å²) in [6.45, 7) is 2.48. The fourth-order valence-electron chi connectivity index (χ4n) is 1.65. The number of rotatable bonds is 2. The summed E-state index contributed by atoms with van der Waals surface area (Å²) in [5.41, 5.74) is 0. The number of halogens is 1. The summed E-state index contributed by atoms with van der Waals surface area (Å²) >= 11 is 3.27. The Balaban J connectivity index is 2.13. The van der Waals surface area contributed by atoms with Crippen LogP contribution in [0.4, 0.5) is 0 Å². The maximum Gasteiger partial charge on any atom is 0.204 e. The molecular weight excluding hydrogens is 248 g/mol. The predicted octanol–water partition coefficient (Wildman–Crippen LogP) is 2.65. The summed E-state index contributed by atoms with van der Waals surface area (Å²) in [4.78, 5) is 11.9. The molecule has 14 heavy (non-hydrogen) atoms. The van der Waals surface area contributed by atoms with Crippen molar-refractivity contribution in [2.45, 2.75) is 19.4 Å². The molecule has 2 unspecified atom stereocenters. The minimum absolute atomic E-state index is 0.0335. The minimum Gasteiger partial charge on any atom is -0.460 e. The average molecular weight is 259 g/mol. The van der Waals surface area contributed by atoms with Crippen molar-refractivity contribution in [3.8, 4) is 0 Å². The smallest absolute Gasteiger partial charge is 0.204 e. The second-order valence-corrected chi connectivity index (χ2v) is 4.39. The molecule has 2 rings (SSSR count). The molecule has 1 aliphatic rings. The highest BCUT2D eigenvalue weighted by Crippen LogP contribution is 2.27. The van der Waals surface area contributed by atoms with Crippen LogP contribution in [0.2, 0.25) is 0 Å². The lowest BCUT2D eigenvalue weighted by Gasteiger charge is -2.03. The van der Waals surface area contributed by atoms with E-state index in [1.807, 2.05) is 6.92 Å². The van der Waals surface area contributed by atoms with Gasteiger partial charge in [-0.2, -0.15) is 0 Å². The molecule has 76 valence electrons. The number of carbonyl (C=O) groups is 1. The van der Waals surface area contributed by atoms with Crippen LogP contribution in [-0.2, 0) is 4.74 Å². The molecule has 0 aromatic carbocycles. The van der Waals surface area contributed by atoms with Crippen molar-refractivity contribution in [2.75, 3.05) is 6.61 Å². The topological polar surface area (TPSA) is 39.4 Å². The van der Waals surface area contributed by atoms with Crippen molar-refractivity contribution in [1.29, 1.82) is 0 Å². The first kappa shape index (κ1) is 9.93. The Labute approximate surface area is 90.6 Å². The van der Waals surface area contributed by atoms with Crippen molar-refractivity contribution in [1.82, 2.24) is 0 Å². The van der Waals surface area contributed by atoms with Crippen LogP contribution in [0.1, 0.15) is 23.9 Å². The second kappa shape index (κ2) is 3.87. The molecule has 0 aliphatic carbocycles. The van der Waals surface area contributed by atoms with Gasteiger partial charge in [-0.1, -0.05) is 0 Å². The van der Waals surface area contributed by atoms with Crippen molar-refractivity contribution >= 4 is 21.7 Å². The molecule has 0 radical (unpaired) electrons. The van der Waals surface area contributed by atoms with Gasteiger partial charge in [0.15, 0.2) is 5.76 Å². The Morgan fingerprint density at radius 3 is 2.93 bits per heavy atom. The molecule has 1 fully saturated rings. The van der Waals surface area contributed by atoms with E-state index in [0.29, 0.717) is 12.4 Å². The third-order valence-corrected chi connectivity index (χ3v) is 3.03. The van der Waals surface area contributed by atoms with Crippen LogP contribution >= 0.6 is 15.9 Å². The van der Waals surface area contributed by atoms with Gasteiger partial charge in [-0.25, -0.2) is 0 Å². The number of ketones is 1. The summed E-state index contributed by atoms with van der Waals surface area (Å²) in [5.74, 6) is 0.395. The molecule has 3 nitrogen and oxygen atoms in total. The van der Waals surface area contributed by atoms with E-state index in [9.17, 15) is 4.79 Å². The summed E-state index contributed by atoms with van der Waals surface area (Å²) in [6, 6.07) is 1.73. The molecule has 0 amide bonds. The number of hydrogen-bond acceptors (Lipinski definition) is 3. The lowest BCUT2D eigenvalue weighted by molar-refractivity contribution is 0.0850. The predicted molar refractivity (Wildman–Crippen MR) is 54.3 cm³/mol. The lowest BCUT2D eigenvalue weighted by Crippen LogP contribution is -2.14. The van der Waals surface area contributed by atoms with E-state index < -0.39 is 0 Å². The number of Topliss-reactive ketones (excluding diaryl/α,β-unsaturated/α-hetero) is 1. The monoisotopic (exact) mass is 258 g/mol. The van der Waals surface area contributed by atoms with Crippen molar-refractivity contribution in [3.63, 3.8) is 0 Å². The highest BCUT2D eigenvalue weighted by Gasteiger charge is 2.31.